The van der Waals surface area contributed by atoms with Gasteiger partial charge in [-0.3, -0.25) is 24.0 Å². The van der Waals surface area contributed by atoms with Gasteiger partial charge in [0.25, 0.3) is 5.56 Å². The Morgan fingerprint density at radius 3 is 2.66 bits per heavy atom. The van der Waals surface area contributed by atoms with E-state index >= 15 is 0 Å². The number of furan rings is 1. The number of thioether (sulfide) groups is 1. The van der Waals surface area contributed by atoms with Crippen LogP contribution in [0.15, 0.2) is 36.6 Å². The van der Waals surface area contributed by atoms with Crippen LogP contribution >= 0.6 is 11.8 Å². The molecule has 10 nitrogen and oxygen atoms in total. The van der Waals surface area contributed by atoms with Gasteiger partial charge in [-0.05, 0) is 30.4 Å². The third-order valence-electron chi connectivity index (χ3n) is 4.01. The molecule has 0 N–H and O–H groups in total. The van der Waals surface area contributed by atoms with Crippen LogP contribution in [0.25, 0.3) is 17.1 Å². The second kappa shape index (κ2) is 8.03. The first-order valence-corrected chi connectivity index (χ1v) is 9.62. The summed E-state index contributed by atoms with van der Waals surface area (Å²) in [5.41, 5.74) is -0.609. The smallest absolute Gasteiger partial charge is 0.401 e. The highest BCUT2D eigenvalue weighted by atomic mass is 32.2. The molecule has 3 aromatic rings. The minimum atomic E-state index is -0.622. The number of hydrogen-bond donors (Lipinski definition) is 0. The average Bonchev–Trinajstić information content (AvgIpc) is 3.12. The molecule has 29 heavy (non-hydrogen) atoms. The Morgan fingerprint density at radius 1 is 1.31 bits per heavy atom. The van der Waals surface area contributed by atoms with Crippen LogP contribution in [0.1, 0.15) is 25.4 Å². The van der Waals surface area contributed by atoms with Gasteiger partial charge in [0.15, 0.2) is 5.65 Å². The Bertz CT molecular complexity index is 1240. The van der Waals surface area contributed by atoms with Gasteiger partial charge >= 0.3 is 11.6 Å². The van der Waals surface area contributed by atoms with E-state index in [1.54, 1.807) is 12.3 Å². The second-order valence-corrected chi connectivity index (χ2v) is 7.67. The normalized spacial score (nSPS) is 11.8. The van der Waals surface area contributed by atoms with Gasteiger partial charge in [0, 0.05) is 13.6 Å². The van der Waals surface area contributed by atoms with Crippen molar-refractivity contribution in [2.45, 2.75) is 32.3 Å². The zero-order valence-electron chi connectivity index (χ0n) is 16.3. The van der Waals surface area contributed by atoms with Crippen molar-refractivity contribution in [3.63, 3.8) is 0 Å². The number of fused-ring (bicyclic) bond motifs is 1. The molecule has 0 amide bonds. The lowest BCUT2D eigenvalue weighted by Gasteiger charge is -2.14. The van der Waals surface area contributed by atoms with Gasteiger partial charge in [-0.2, -0.15) is 0 Å². The van der Waals surface area contributed by atoms with Gasteiger partial charge in [-0.25, -0.2) is 14.8 Å². The highest BCUT2D eigenvalue weighted by Gasteiger charge is 2.18. The summed E-state index contributed by atoms with van der Waals surface area (Å²) in [7, 11) is 1.42. The van der Waals surface area contributed by atoms with E-state index in [0.29, 0.717) is 28.8 Å². The maximum Gasteiger partial charge on any atom is 0.433 e. The lowest BCUT2D eigenvalue weighted by Crippen LogP contribution is -2.39. The molecule has 0 atom stereocenters. The number of aromatic nitrogens is 4. The molecule has 0 aromatic carbocycles. The third-order valence-corrected chi connectivity index (χ3v) is 4.80. The van der Waals surface area contributed by atoms with E-state index in [1.807, 2.05) is 13.8 Å². The zero-order chi connectivity index (χ0) is 21.3. The first-order chi connectivity index (χ1) is 13.7. The topological polar surface area (TPSA) is 126 Å². The largest absolute Gasteiger partial charge is 0.433 e. The third kappa shape index (κ3) is 4.14. The van der Waals surface area contributed by atoms with Crippen molar-refractivity contribution in [2.24, 2.45) is 13.0 Å². The number of aryl methyl sites for hydroxylation is 1. The van der Waals surface area contributed by atoms with Crippen molar-refractivity contribution in [3.05, 3.63) is 60.1 Å². The Morgan fingerprint density at radius 2 is 2.03 bits per heavy atom. The van der Waals surface area contributed by atoms with E-state index in [4.69, 9.17) is 4.42 Å². The van der Waals surface area contributed by atoms with Gasteiger partial charge < -0.3 is 4.42 Å². The summed E-state index contributed by atoms with van der Waals surface area (Å²) in [6.45, 7) is 6.04. The number of nitrogens with zero attached hydrogens (tertiary/aromatic N) is 5. The van der Waals surface area contributed by atoms with Gasteiger partial charge in [0.05, 0.1) is 6.07 Å². The minimum Gasteiger partial charge on any atom is -0.401 e. The Balaban J connectivity index is 2.09. The fourth-order valence-electron chi connectivity index (χ4n) is 2.75. The van der Waals surface area contributed by atoms with Crippen molar-refractivity contribution in [1.29, 1.82) is 0 Å². The molecule has 11 heteroatoms. The fraction of sp³-hybridized carbons (Fsp3) is 0.333. The molecule has 0 aliphatic carbocycles. The minimum absolute atomic E-state index is 0.175. The van der Waals surface area contributed by atoms with Crippen molar-refractivity contribution in [2.75, 3.05) is 0 Å². The predicted octanol–water partition coefficient (Wildman–Crippen LogP) is 2.72. The van der Waals surface area contributed by atoms with Gasteiger partial charge in [0.2, 0.25) is 0 Å². The summed E-state index contributed by atoms with van der Waals surface area (Å²) in [4.78, 5) is 44.1. The van der Waals surface area contributed by atoms with Crippen molar-refractivity contribution >= 4 is 34.8 Å². The van der Waals surface area contributed by atoms with E-state index in [1.165, 1.54) is 29.8 Å². The molecule has 152 valence electrons. The molecular weight excluding hydrogens is 398 g/mol. The van der Waals surface area contributed by atoms with Crippen LogP contribution in [0.2, 0.25) is 0 Å². The van der Waals surface area contributed by atoms with Crippen LogP contribution in [-0.2, 0) is 13.6 Å². The molecule has 0 aliphatic heterocycles. The number of rotatable bonds is 6. The molecule has 0 bridgehead atoms. The highest BCUT2D eigenvalue weighted by molar-refractivity contribution is 8.02. The summed E-state index contributed by atoms with van der Waals surface area (Å²) in [5, 5.41) is 13.0. The molecule has 0 saturated carbocycles. The SMILES string of the molecule is Cc1nc(S/C=C/c2ccc([N+](=O)[O-])o2)c2c(=O)n(C)c(=O)n(CC(C)C)c2n1. The average molecular weight is 417 g/mol. The first-order valence-electron chi connectivity index (χ1n) is 8.74. The molecule has 3 heterocycles. The van der Waals surface area contributed by atoms with Crippen molar-refractivity contribution in [1.82, 2.24) is 19.1 Å². The molecule has 3 rings (SSSR count). The summed E-state index contributed by atoms with van der Waals surface area (Å²) in [6, 6.07) is 2.73. The van der Waals surface area contributed by atoms with Crippen molar-refractivity contribution < 1.29 is 9.34 Å². The maximum absolute atomic E-state index is 12.8. The summed E-state index contributed by atoms with van der Waals surface area (Å²) in [5.74, 6) is 0.537. The first kappa shape index (κ1) is 20.5. The fourth-order valence-corrected chi connectivity index (χ4v) is 3.56. The molecule has 0 saturated heterocycles. The molecule has 0 spiro atoms. The van der Waals surface area contributed by atoms with Gasteiger partial charge in [0.1, 0.15) is 26.9 Å². The van der Waals surface area contributed by atoms with E-state index in [9.17, 15) is 19.7 Å². The summed E-state index contributed by atoms with van der Waals surface area (Å²) < 4.78 is 7.61. The second-order valence-electron chi connectivity index (χ2n) is 6.78. The molecule has 0 unspecified atom stereocenters. The Labute approximate surface area is 169 Å². The van der Waals surface area contributed by atoms with Crippen LogP contribution in [0.5, 0.6) is 0 Å². The molecule has 3 aromatic heterocycles. The molecule has 0 aliphatic rings. The zero-order valence-corrected chi connectivity index (χ0v) is 17.1. The van der Waals surface area contributed by atoms with Crippen LogP contribution in [-0.4, -0.2) is 24.0 Å². The van der Waals surface area contributed by atoms with E-state index < -0.39 is 16.2 Å². The highest BCUT2D eigenvalue weighted by Crippen LogP contribution is 2.25. The van der Waals surface area contributed by atoms with Gasteiger partial charge in [-0.15, -0.1) is 0 Å². The Kier molecular flexibility index (Phi) is 5.69. The lowest BCUT2D eigenvalue weighted by molar-refractivity contribution is -0.402. The summed E-state index contributed by atoms with van der Waals surface area (Å²) in [6.07, 6.45) is 1.54. The molecule has 0 radical (unpaired) electrons. The molecular formula is C18H19N5O5S. The van der Waals surface area contributed by atoms with E-state index in [0.717, 1.165) is 16.3 Å². The Hall–Kier alpha value is -3.21. The van der Waals surface area contributed by atoms with Crippen LogP contribution < -0.4 is 11.2 Å². The van der Waals surface area contributed by atoms with Crippen LogP contribution in [0.3, 0.4) is 0 Å². The van der Waals surface area contributed by atoms with Gasteiger partial charge in [-0.1, -0.05) is 25.6 Å². The molecule has 0 fully saturated rings. The standard InChI is InChI=1S/C18H19N5O5S/c1-10(2)9-22-15-14(17(24)21(4)18(22)25)16(20-11(3)19-15)29-8-7-12-5-6-13(28-12)23(26)27/h5-8,10H,9H2,1-4H3/b8-7+. The quantitative estimate of drug-likeness (QED) is 0.259. The van der Waals surface area contributed by atoms with E-state index in [2.05, 4.69) is 9.97 Å². The van der Waals surface area contributed by atoms with Crippen LogP contribution in [0, 0.1) is 23.0 Å². The predicted molar refractivity (Wildman–Crippen MR) is 109 cm³/mol. The van der Waals surface area contributed by atoms with Crippen LogP contribution in [0.4, 0.5) is 5.88 Å². The van der Waals surface area contributed by atoms with E-state index in [-0.39, 0.29) is 17.2 Å². The lowest BCUT2D eigenvalue weighted by atomic mass is 10.2. The van der Waals surface area contributed by atoms with Crippen molar-refractivity contribution in [3.8, 4) is 0 Å². The number of nitro groups is 1. The maximum atomic E-state index is 12.8. The summed E-state index contributed by atoms with van der Waals surface area (Å²) >= 11 is 1.14. The number of hydrogen-bond acceptors (Lipinski definition) is 8. The monoisotopic (exact) mass is 417 g/mol.